The Bertz CT molecular complexity index is 1100. The Morgan fingerprint density at radius 2 is 1.62 bits per heavy atom. The van der Waals surface area contributed by atoms with E-state index in [4.69, 9.17) is 20.5 Å². The second-order valence-electron chi connectivity index (χ2n) is 7.51. The van der Waals surface area contributed by atoms with Crippen LogP contribution in [-0.2, 0) is 11.2 Å². The van der Waals surface area contributed by atoms with Crippen molar-refractivity contribution in [3.8, 4) is 22.8 Å². The lowest BCUT2D eigenvalue weighted by Gasteiger charge is -2.18. The summed E-state index contributed by atoms with van der Waals surface area (Å²) in [5, 5.41) is 13.3. The molecule has 0 bridgehead atoms. The van der Waals surface area contributed by atoms with Gasteiger partial charge < -0.3 is 8.94 Å². The summed E-state index contributed by atoms with van der Waals surface area (Å²) in [6, 6.07) is 15.4. The van der Waals surface area contributed by atoms with Crippen LogP contribution in [0.3, 0.4) is 0 Å². The van der Waals surface area contributed by atoms with Gasteiger partial charge in [-0.1, -0.05) is 61.4 Å². The fraction of sp³-hybridized carbons (Fsp3) is 0.238. The van der Waals surface area contributed by atoms with Crippen molar-refractivity contribution in [2.75, 3.05) is 0 Å². The summed E-state index contributed by atoms with van der Waals surface area (Å²) in [7, 11) is 0. The van der Waals surface area contributed by atoms with Crippen molar-refractivity contribution >= 4 is 23.4 Å². The van der Waals surface area contributed by atoms with Gasteiger partial charge in [0.25, 0.3) is 5.22 Å². The van der Waals surface area contributed by atoms with Crippen molar-refractivity contribution < 1.29 is 8.94 Å². The van der Waals surface area contributed by atoms with Crippen LogP contribution in [0.5, 0.6) is 0 Å². The van der Waals surface area contributed by atoms with Crippen LogP contribution in [0.15, 0.2) is 62.7 Å². The molecule has 0 atom stereocenters. The van der Waals surface area contributed by atoms with Gasteiger partial charge in [0, 0.05) is 16.1 Å². The van der Waals surface area contributed by atoms with Crippen LogP contribution in [0.25, 0.3) is 22.8 Å². The third-order valence-electron chi connectivity index (χ3n) is 4.29. The average Bonchev–Trinajstić information content (AvgIpc) is 3.36. The Hall–Kier alpha value is -2.64. The lowest BCUT2D eigenvalue weighted by Crippen LogP contribution is -2.10. The summed E-state index contributed by atoms with van der Waals surface area (Å²) in [6.45, 7) is 6.54. The highest BCUT2D eigenvalue weighted by Crippen LogP contribution is 2.28. The molecule has 0 saturated carbocycles. The summed E-state index contributed by atoms with van der Waals surface area (Å²) in [6.07, 6.45) is 0. The highest BCUT2D eigenvalue weighted by atomic mass is 35.5. The molecule has 0 saturated heterocycles. The van der Waals surface area contributed by atoms with E-state index in [-0.39, 0.29) is 5.41 Å². The van der Waals surface area contributed by atoms with E-state index in [1.54, 1.807) is 12.1 Å². The summed E-state index contributed by atoms with van der Waals surface area (Å²) >= 11 is 7.25. The molecule has 29 heavy (non-hydrogen) atoms. The number of rotatable bonds is 5. The maximum atomic E-state index is 5.90. The topological polar surface area (TPSA) is 77.8 Å². The average molecular weight is 427 g/mol. The van der Waals surface area contributed by atoms with Crippen molar-refractivity contribution in [2.45, 2.75) is 37.2 Å². The van der Waals surface area contributed by atoms with Gasteiger partial charge in [0.2, 0.25) is 17.6 Å². The van der Waals surface area contributed by atoms with E-state index in [1.165, 1.54) is 17.3 Å². The number of nitrogens with zero attached hydrogens (tertiary/aromatic N) is 4. The van der Waals surface area contributed by atoms with Crippen LogP contribution in [-0.4, -0.2) is 20.3 Å². The molecule has 0 aliphatic carbocycles. The molecule has 2 aromatic heterocycles. The molecule has 0 aliphatic rings. The molecule has 8 heteroatoms. The van der Waals surface area contributed by atoms with E-state index in [0.29, 0.717) is 33.6 Å². The van der Waals surface area contributed by atoms with Crippen LogP contribution in [0.2, 0.25) is 5.02 Å². The summed E-state index contributed by atoms with van der Waals surface area (Å²) in [5.41, 5.74) is 3.08. The minimum absolute atomic E-state index is 0.101. The maximum Gasteiger partial charge on any atom is 0.277 e. The molecule has 4 rings (SSSR count). The van der Waals surface area contributed by atoms with Gasteiger partial charge in [-0.2, -0.15) is 4.98 Å². The van der Waals surface area contributed by atoms with E-state index >= 15 is 0 Å². The molecule has 6 nitrogen and oxygen atoms in total. The van der Waals surface area contributed by atoms with Gasteiger partial charge in [-0.3, -0.25) is 0 Å². The van der Waals surface area contributed by atoms with Gasteiger partial charge >= 0.3 is 0 Å². The van der Waals surface area contributed by atoms with Crippen LogP contribution in [0.1, 0.15) is 32.2 Å². The van der Waals surface area contributed by atoms with E-state index in [9.17, 15) is 0 Å². The molecule has 0 spiro atoms. The van der Waals surface area contributed by atoms with Crippen LogP contribution < -0.4 is 0 Å². The third kappa shape index (κ3) is 4.68. The zero-order valence-corrected chi connectivity index (χ0v) is 17.8. The quantitative estimate of drug-likeness (QED) is 0.360. The van der Waals surface area contributed by atoms with Gasteiger partial charge in [0.05, 0.1) is 5.75 Å². The second kappa shape index (κ2) is 8.00. The van der Waals surface area contributed by atoms with Gasteiger partial charge in [-0.05, 0) is 47.4 Å². The smallest absolute Gasteiger partial charge is 0.277 e. The van der Waals surface area contributed by atoms with E-state index in [0.717, 1.165) is 11.1 Å². The van der Waals surface area contributed by atoms with E-state index in [2.05, 4.69) is 53.2 Å². The monoisotopic (exact) mass is 426 g/mol. The van der Waals surface area contributed by atoms with Crippen molar-refractivity contribution in [1.82, 2.24) is 20.3 Å². The molecule has 0 unspecified atom stereocenters. The van der Waals surface area contributed by atoms with Crippen molar-refractivity contribution in [2.24, 2.45) is 0 Å². The van der Waals surface area contributed by atoms with Crippen molar-refractivity contribution in [3.05, 3.63) is 65.0 Å². The highest BCUT2D eigenvalue weighted by molar-refractivity contribution is 7.98. The van der Waals surface area contributed by atoms with Crippen LogP contribution >= 0.6 is 23.4 Å². The molecular formula is C21H19ClN4O2S. The minimum Gasteiger partial charge on any atom is -0.411 e. The van der Waals surface area contributed by atoms with Crippen molar-refractivity contribution in [3.63, 3.8) is 0 Å². The molecular weight excluding hydrogens is 408 g/mol. The fourth-order valence-corrected chi connectivity index (χ4v) is 3.38. The third-order valence-corrected chi connectivity index (χ3v) is 5.35. The Morgan fingerprint density at radius 3 is 2.31 bits per heavy atom. The van der Waals surface area contributed by atoms with Gasteiger partial charge in [0.1, 0.15) is 0 Å². The Morgan fingerprint density at radius 1 is 0.931 bits per heavy atom. The largest absolute Gasteiger partial charge is 0.411 e. The first kappa shape index (κ1) is 19.7. The summed E-state index contributed by atoms with van der Waals surface area (Å²) < 4.78 is 11.1. The number of hydrogen-bond acceptors (Lipinski definition) is 7. The minimum atomic E-state index is 0.101. The van der Waals surface area contributed by atoms with Crippen molar-refractivity contribution in [1.29, 1.82) is 0 Å². The molecule has 0 aliphatic heterocycles. The number of benzene rings is 2. The maximum absolute atomic E-state index is 5.90. The van der Waals surface area contributed by atoms with Crippen LogP contribution in [0, 0.1) is 0 Å². The van der Waals surface area contributed by atoms with E-state index < -0.39 is 0 Å². The second-order valence-corrected chi connectivity index (χ2v) is 8.87. The summed E-state index contributed by atoms with van der Waals surface area (Å²) in [4.78, 5) is 4.39. The molecule has 0 amide bonds. The Labute approximate surface area is 177 Å². The first-order valence-corrected chi connectivity index (χ1v) is 10.4. The molecule has 2 heterocycles. The first-order valence-electron chi connectivity index (χ1n) is 9.04. The first-order chi connectivity index (χ1) is 13.9. The summed E-state index contributed by atoms with van der Waals surface area (Å²) in [5.74, 6) is 1.92. The SMILES string of the molecule is CC(C)(C)c1ccc(-c2nnc(SCc3nc(-c4ccc(Cl)cc4)no3)o2)cc1. The van der Waals surface area contributed by atoms with Gasteiger partial charge in [0.15, 0.2) is 0 Å². The standard InChI is InChI=1S/C21H19ClN4O2S/c1-21(2,3)15-8-4-14(5-9-15)19-24-25-20(27-19)29-12-17-23-18(26-28-17)13-6-10-16(22)11-7-13/h4-11H,12H2,1-3H3. The lowest BCUT2D eigenvalue weighted by atomic mass is 9.87. The molecule has 4 aromatic rings. The van der Waals surface area contributed by atoms with E-state index in [1.807, 2.05) is 24.3 Å². The predicted molar refractivity (Wildman–Crippen MR) is 113 cm³/mol. The molecule has 0 fully saturated rings. The molecule has 0 N–H and O–H groups in total. The van der Waals surface area contributed by atoms with Gasteiger partial charge in [-0.15, -0.1) is 10.2 Å². The highest BCUT2D eigenvalue weighted by Gasteiger charge is 2.16. The zero-order valence-electron chi connectivity index (χ0n) is 16.2. The number of hydrogen-bond donors (Lipinski definition) is 0. The fourth-order valence-electron chi connectivity index (χ4n) is 2.65. The Balaban J connectivity index is 1.40. The zero-order chi connectivity index (χ0) is 20.4. The molecule has 0 radical (unpaired) electrons. The Kier molecular flexibility index (Phi) is 5.43. The number of thioether (sulfide) groups is 1. The lowest BCUT2D eigenvalue weighted by molar-refractivity contribution is 0.391. The predicted octanol–water partition coefficient (Wildman–Crippen LogP) is 6.03. The molecule has 148 valence electrons. The van der Waals surface area contributed by atoms with Crippen LogP contribution in [0.4, 0.5) is 0 Å². The number of aromatic nitrogens is 4. The van der Waals surface area contributed by atoms with Gasteiger partial charge in [-0.25, -0.2) is 0 Å². The normalized spacial score (nSPS) is 11.7. The molecule has 2 aromatic carbocycles. The number of halogens is 1.